The summed E-state index contributed by atoms with van der Waals surface area (Å²) >= 11 is 0. The summed E-state index contributed by atoms with van der Waals surface area (Å²) in [5.41, 5.74) is 15.8. The summed E-state index contributed by atoms with van der Waals surface area (Å²) < 4.78 is 0. The van der Waals surface area contributed by atoms with Gasteiger partial charge in [0.15, 0.2) is 34.7 Å². The number of nitrogens with zero attached hydrogens (tertiary/aromatic N) is 6. The number of carbonyl (C=O) groups excluding carboxylic acids is 6. The monoisotopic (exact) mass is 2010 g/mol. The van der Waals surface area contributed by atoms with Gasteiger partial charge in [-0.05, 0) is 259 Å². The first-order chi connectivity index (χ1) is 70.8. The van der Waals surface area contributed by atoms with Crippen LogP contribution < -0.4 is 31.9 Å². The number of aromatic hydroxyl groups is 12. The van der Waals surface area contributed by atoms with Crippen molar-refractivity contribution in [2.75, 3.05) is 90.8 Å². The Morgan fingerprint density at radius 3 is 0.770 bits per heavy atom. The van der Waals surface area contributed by atoms with E-state index in [1.807, 2.05) is 224 Å². The number of phenols is 12. The Morgan fingerprint density at radius 2 is 0.486 bits per heavy atom. The average Bonchev–Trinajstić information content (AvgIpc) is 0.835. The molecule has 780 valence electrons. The van der Waals surface area contributed by atoms with Gasteiger partial charge in [-0.2, -0.15) is 0 Å². The Morgan fingerprint density at radius 1 is 0.257 bits per heavy atom. The number of Topliss-reactive ketones (excluding diaryl/α,β-unsaturated/α-hetero) is 6. The highest BCUT2D eigenvalue weighted by Gasteiger charge is 2.24. The van der Waals surface area contributed by atoms with Gasteiger partial charge in [0.25, 0.3) is 0 Å². The average molecular weight is 2010 g/mol. The van der Waals surface area contributed by atoms with E-state index in [9.17, 15) is 90.0 Å². The van der Waals surface area contributed by atoms with Gasteiger partial charge in [0, 0.05) is 135 Å². The van der Waals surface area contributed by atoms with Crippen LogP contribution in [0.3, 0.4) is 0 Å². The van der Waals surface area contributed by atoms with Crippen molar-refractivity contribution >= 4 is 103 Å². The molecule has 0 radical (unpaired) electrons. The summed E-state index contributed by atoms with van der Waals surface area (Å²) in [6.45, 7) is 29.5. The minimum atomic E-state index is -0.362. The predicted molar refractivity (Wildman–Crippen MR) is 595 cm³/mol. The molecule has 3 atom stereocenters. The third-order valence-electron chi connectivity index (χ3n) is 24.0. The second-order valence-corrected chi connectivity index (χ2v) is 34.8. The molecule has 0 spiro atoms. The number of rotatable bonds is 42. The van der Waals surface area contributed by atoms with Crippen molar-refractivity contribution in [1.82, 2.24) is 0 Å². The number of ketones is 6. The molecule has 30 heteroatoms. The molecule has 18 N–H and O–H groups in total. The summed E-state index contributed by atoms with van der Waals surface area (Å²) in [5, 5.41) is 137. The molecule has 148 heavy (non-hydrogen) atoms. The van der Waals surface area contributed by atoms with E-state index in [2.05, 4.69) is 61.9 Å². The lowest BCUT2D eigenvalue weighted by Gasteiger charge is -2.16. The largest absolute Gasteiger partial charge is 0.508 e. The Balaban J connectivity index is 0.000000240. The van der Waals surface area contributed by atoms with Gasteiger partial charge in [-0.25, -0.2) is 0 Å². The number of benzene rings is 12. The summed E-state index contributed by atoms with van der Waals surface area (Å²) in [6, 6.07) is 73.3. The van der Waals surface area contributed by atoms with E-state index >= 15 is 0 Å². The van der Waals surface area contributed by atoms with Crippen molar-refractivity contribution in [3.63, 3.8) is 0 Å². The lowest BCUT2D eigenvalue weighted by atomic mass is 10.0. The predicted octanol–water partition coefficient (Wildman–Crippen LogP) is 21.2. The van der Waals surface area contributed by atoms with Crippen LogP contribution in [-0.2, 0) is 28.8 Å². The highest BCUT2D eigenvalue weighted by Crippen LogP contribution is 2.37. The molecular formula is C118H140N12O18. The first-order valence-electron chi connectivity index (χ1n) is 49.0. The summed E-state index contributed by atoms with van der Waals surface area (Å²) in [5.74, 6) is 0.0182. The zero-order chi connectivity index (χ0) is 109. The standard InChI is InChI=1S/C21H26N2O3.3C20H24N2O3.C19H22N2O3.C18H20N2O3/c1-4-17(16-11-12-19(24)14(3)21(16)26)22-13-20(25)18(5-2)23-15-9-7-6-8-10-15;1-4-18(17-8-9-19(24)14(3)20(17)25)22-12-16(23)11-21-15-7-5-6-13(2)10-15;1-4-17(16-10-11-18(23)13(2)20(16)25)21-12-19(24)14(3)22-15-8-6-5-7-9-15;1-4-17(22-15-8-6-5-7-9-15)19(24)12-21-14(3)16-10-11-18(23)13(2)20(16)25;1-3-17(16-9-10-18(23)13(2)19(16)24)21-12-15(22)11-20-14-7-5-4-6-8-14;1-12-17(22)9-8-16(18(12)23)13(2)19-10-15(21)11-20-14-6-4-3-5-7-14/h6-12,18,23-24,26H,4-5,13H2,1-3H3;5-10,21,24-25H,4,11-12H2,1-3H3;5-11,14,22-23,25H,4,12H2,1-3H3;5-11,17,22-23,25H,4,12H2,1-3H3;4-10,20,23-24H,3,11-12H2,1-2H3;3-9,20,22-23H,10-11H2,1-2H3. The van der Waals surface area contributed by atoms with E-state index in [1.165, 1.54) is 36.4 Å². The van der Waals surface area contributed by atoms with E-state index in [0.717, 1.165) is 39.7 Å². The van der Waals surface area contributed by atoms with Crippen LogP contribution in [0.1, 0.15) is 173 Å². The van der Waals surface area contributed by atoms with Crippen LogP contribution in [0, 0.1) is 48.5 Å². The van der Waals surface area contributed by atoms with Crippen molar-refractivity contribution < 1.29 is 90.0 Å². The minimum Gasteiger partial charge on any atom is -0.508 e. The Kier molecular flexibility index (Phi) is 48.3. The zero-order valence-corrected chi connectivity index (χ0v) is 87.0. The molecule has 0 saturated heterocycles. The second-order valence-electron chi connectivity index (χ2n) is 34.8. The molecule has 12 aromatic rings. The first-order valence-corrected chi connectivity index (χ1v) is 49.0. The fourth-order valence-electron chi connectivity index (χ4n) is 14.6. The quantitative estimate of drug-likeness (QED) is 0.0158. The molecule has 0 aliphatic carbocycles. The van der Waals surface area contributed by atoms with E-state index in [4.69, 9.17) is 0 Å². The molecular weight excluding hydrogens is 1870 g/mol. The van der Waals surface area contributed by atoms with Gasteiger partial charge in [-0.3, -0.25) is 58.7 Å². The highest BCUT2D eigenvalue weighted by molar-refractivity contribution is 6.08. The fraction of sp³-hybridized carbons (Fsp3) is 0.288. The number of nitrogens with one attached hydrogen (secondary N) is 6. The lowest BCUT2D eigenvalue weighted by Crippen LogP contribution is -2.31. The molecule has 12 aromatic carbocycles. The number of hydrogen-bond donors (Lipinski definition) is 18. The Labute approximate surface area is 866 Å². The number of phenolic OH excluding ortho intramolecular Hbond substituents is 12. The fourth-order valence-corrected chi connectivity index (χ4v) is 14.6. The van der Waals surface area contributed by atoms with Crippen molar-refractivity contribution in [2.24, 2.45) is 30.0 Å². The Bertz CT molecular complexity index is 6630. The van der Waals surface area contributed by atoms with Gasteiger partial charge in [0.2, 0.25) is 0 Å². The molecule has 30 nitrogen and oxygen atoms in total. The van der Waals surface area contributed by atoms with Crippen LogP contribution in [0.5, 0.6) is 69.0 Å². The van der Waals surface area contributed by atoms with Crippen LogP contribution in [0.25, 0.3) is 0 Å². The number of hydrogen-bond acceptors (Lipinski definition) is 30. The normalized spacial score (nSPS) is 12.0. The molecule has 0 amide bonds. The molecule has 12 rings (SSSR count). The topological polar surface area (TPSA) is 492 Å². The van der Waals surface area contributed by atoms with Gasteiger partial charge in [-0.15, -0.1) is 0 Å². The number of aryl methyl sites for hydroxylation is 1. The van der Waals surface area contributed by atoms with Crippen LogP contribution in [0.2, 0.25) is 0 Å². The molecule has 0 aliphatic rings. The summed E-state index contributed by atoms with van der Waals surface area (Å²) in [7, 11) is 0. The maximum absolute atomic E-state index is 12.6. The van der Waals surface area contributed by atoms with Gasteiger partial charge in [0.1, 0.15) is 75.5 Å². The highest BCUT2D eigenvalue weighted by atomic mass is 16.3. The van der Waals surface area contributed by atoms with Crippen LogP contribution in [0.15, 0.2) is 279 Å². The van der Waals surface area contributed by atoms with Gasteiger partial charge in [-0.1, -0.05) is 145 Å². The number of aliphatic imine (C=N–C) groups is 6. The van der Waals surface area contributed by atoms with E-state index in [-0.39, 0.29) is 181 Å². The van der Waals surface area contributed by atoms with Crippen molar-refractivity contribution in [1.29, 1.82) is 0 Å². The molecule has 0 aromatic heterocycles. The second kappa shape index (κ2) is 60.6. The maximum atomic E-state index is 12.6. The van der Waals surface area contributed by atoms with Crippen LogP contribution in [0.4, 0.5) is 34.1 Å². The molecule has 0 fully saturated rings. The molecule has 3 unspecified atom stereocenters. The van der Waals surface area contributed by atoms with Gasteiger partial charge in [0.05, 0.1) is 70.5 Å². The molecule has 0 aliphatic heterocycles. The summed E-state index contributed by atoms with van der Waals surface area (Å²) in [4.78, 5) is 99.4. The molecule has 0 heterocycles. The van der Waals surface area contributed by atoms with Crippen molar-refractivity contribution in [2.45, 2.75) is 167 Å². The number of carbonyl (C=O) groups is 6. The molecule has 0 saturated carbocycles. The number of anilines is 6. The van der Waals surface area contributed by atoms with E-state index in [0.29, 0.717) is 140 Å². The van der Waals surface area contributed by atoms with E-state index < -0.39 is 0 Å². The van der Waals surface area contributed by atoms with Crippen molar-refractivity contribution in [3.05, 3.63) is 321 Å². The van der Waals surface area contributed by atoms with Crippen LogP contribution in [-0.4, -0.2) is 207 Å². The first kappa shape index (κ1) is 118. The third kappa shape index (κ3) is 36.7. The van der Waals surface area contributed by atoms with E-state index in [1.54, 1.807) is 98.7 Å². The molecule has 0 bridgehead atoms. The zero-order valence-electron chi connectivity index (χ0n) is 87.0. The smallest absolute Gasteiger partial charge is 0.176 e. The van der Waals surface area contributed by atoms with Gasteiger partial charge < -0.3 is 93.2 Å². The Hall–Kier alpha value is -16.9. The van der Waals surface area contributed by atoms with Crippen molar-refractivity contribution in [3.8, 4) is 69.0 Å². The maximum Gasteiger partial charge on any atom is 0.176 e. The SMILES string of the molecule is CC(=NCC(=O)CNc1ccccc1)c1ccc(O)c(C)c1O.CCC(=NCC(=O)C(C)Nc1ccccc1)c1ccc(O)c(C)c1O.CCC(=NCC(=O)C(CC)Nc1ccccc1)c1ccc(O)c(C)c1O.CCC(=NCC(=O)CNc1cccc(C)c1)c1ccc(O)c(C)c1O.CCC(=NCC(=O)CNc1ccccc1)c1ccc(O)c(C)c1O.CCC(Nc1ccccc1)C(=O)CN=C(C)c1ccc(O)c(C)c1O. The van der Waals surface area contributed by atoms with Crippen LogP contribution >= 0.6 is 0 Å². The van der Waals surface area contributed by atoms with Gasteiger partial charge >= 0.3 is 0 Å². The third-order valence-corrected chi connectivity index (χ3v) is 24.0. The summed E-state index contributed by atoms with van der Waals surface area (Å²) in [6.07, 6.45) is 3.63. The lowest BCUT2D eigenvalue weighted by molar-refractivity contribution is -0.119. The minimum absolute atomic E-state index is 0.00251. The number of para-hydroxylation sites is 5.